The molecule has 4 N–H and O–H groups in total. The van der Waals surface area contributed by atoms with Crippen LogP contribution in [0.3, 0.4) is 0 Å². The molecule has 1 aromatic rings. The van der Waals surface area contributed by atoms with E-state index in [9.17, 15) is 9.90 Å². The number of benzene rings is 1. The molecule has 0 aliphatic carbocycles. The highest BCUT2D eigenvalue weighted by Gasteiger charge is 2.10. The molecule has 0 fully saturated rings. The van der Waals surface area contributed by atoms with Gasteiger partial charge in [-0.2, -0.15) is 0 Å². The van der Waals surface area contributed by atoms with Crippen LogP contribution in [0, 0.1) is 0 Å². The topological polar surface area (TPSA) is 82.6 Å². The monoisotopic (exact) mass is 283 g/mol. The largest absolute Gasteiger partial charge is 0.507 e. The van der Waals surface area contributed by atoms with Crippen LogP contribution in [-0.4, -0.2) is 35.9 Å². The van der Waals surface area contributed by atoms with Gasteiger partial charge in [0.05, 0.1) is 12.2 Å². The summed E-state index contributed by atoms with van der Waals surface area (Å²) >= 11 is 4.99. The van der Waals surface area contributed by atoms with Crippen LogP contribution in [0.25, 0.3) is 0 Å². The Morgan fingerprint density at radius 3 is 2.74 bits per heavy atom. The number of para-hydroxylation sites is 1. The molecule has 7 heteroatoms. The molecule has 1 unspecified atom stereocenters. The van der Waals surface area contributed by atoms with Gasteiger partial charge in [-0.15, -0.1) is 0 Å². The van der Waals surface area contributed by atoms with Crippen LogP contribution in [0.2, 0.25) is 0 Å². The molecule has 1 aromatic carbocycles. The van der Waals surface area contributed by atoms with E-state index in [4.69, 9.17) is 17.0 Å². The number of nitrogens with one attached hydrogen (secondary N) is 3. The predicted molar refractivity (Wildman–Crippen MR) is 75.8 cm³/mol. The van der Waals surface area contributed by atoms with Crippen molar-refractivity contribution in [3.63, 3.8) is 0 Å². The van der Waals surface area contributed by atoms with Gasteiger partial charge in [-0.3, -0.25) is 15.6 Å². The average Bonchev–Trinajstić information content (AvgIpc) is 2.36. The molecule has 1 atom stereocenters. The lowest BCUT2D eigenvalue weighted by Crippen LogP contribution is -2.49. The van der Waals surface area contributed by atoms with E-state index in [0.717, 1.165) is 0 Å². The summed E-state index contributed by atoms with van der Waals surface area (Å²) < 4.78 is 4.94. The highest BCUT2D eigenvalue weighted by atomic mass is 32.1. The zero-order valence-corrected chi connectivity index (χ0v) is 11.6. The summed E-state index contributed by atoms with van der Waals surface area (Å²) in [7, 11) is 1.59. The molecule has 0 spiro atoms. The molecule has 104 valence electrons. The molecule has 0 heterocycles. The number of amides is 1. The Balaban J connectivity index is 2.42. The number of methoxy groups -OCH3 is 1. The summed E-state index contributed by atoms with van der Waals surface area (Å²) in [5, 5.41) is 12.7. The smallest absolute Gasteiger partial charge is 0.273 e. The van der Waals surface area contributed by atoms with E-state index in [1.165, 1.54) is 12.1 Å². The lowest BCUT2D eigenvalue weighted by atomic mass is 10.2. The minimum absolute atomic E-state index is 0.0204. The van der Waals surface area contributed by atoms with Crippen molar-refractivity contribution in [3.8, 4) is 5.75 Å². The number of carbonyl (C=O) groups excluding carboxylic acids is 1. The summed E-state index contributed by atoms with van der Waals surface area (Å²) in [4.78, 5) is 11.7. The fourth-order valence-corrected chi connectivity index (χ4v) is 1.65. The van der Waals surface area contributed by atoms with Crippen molar-refractivity contribution in [1.29, 1.82) is 0 Å². The Morgan fingerprint density at radius 2 is 2.11 bits per heavy atom. The molecule has 6 nitrogen and oxygen atoms in total. The third-order valence-corrected chi connectivity index (χ3v) is 2.45. The number of rotatable bonds is 4. The summed E-state index contributed by atoms with van der Waals surface area (Å²) in [6.45, 7) is 2.39. The molecule has 19 heavy (non-hydrogen) atoms. The Kier molecular flexibility index (Phi) is 6.04. The number of carbonyl (C=O) groups is 1. The van der Waals surface area contributed by atoms with Crippen molar-refractivity contribution in [2.45, 2.75) is 13.0 Å². The standard InChI is InChI=1S/C12H17N3O3S/c1-8(7-18-2)13-12(19)15-14-11(17)9-5-3-4-6-10(9)16/h3-6,8,16H,7H2,1-2H3,(H,14,17)(H2,13,15,19). The molecule has 0 saturated carbocycles. The van der Waals surface area contributed by atoms with Crippen LogP contribution in [0.4, 0.5) is 0 Å². The molecule has 1 rings (SSSR count). The minimum Gasteiger partial charge on any atom is -0.507 e. The van der Waals surface area contributed by atoms with E-state index in [2.05, 4.69) is 16.2 Å². The Morgan fingerprint density at radius 1 is 1.42 bits per heavy atom. The van der Waals surface area contributed by atoms with Crippen molar-refractivity contribution < 1.29 is 14.6 Å². The van der Waals surface area contributed by atoms with E-state index in [0.29, 0.717) is 6.61 Å². The normalized spacial score (nSPS) is 11.5. The maximum absolute atomic E-state index is 11.7. The molecular weight excluding hydrogens is 266 g/mol. The van der Waals surface area contributed by atoms with Crippen LogP contribution >= 0.6 is 12.2 Å². The fraction of sp³-hybridized carbons (Fsp3) is 0.333. The lowest BCUT2D eigenvalue weighted by Gasteiger charge is -2.16. The third-order valence-electron chi connectivity index (χ3n) is 2.23. The molecule has 0 aromatic heterocycles. The lowest BCUT2D eigenvalue weighted by molar-refractivity contribution is 0.0940. The molecular formula is C12H17N3O3S. The molecule has 0 bridgehead atoms. The number of hydrogen-bond donors (Lipinski definition) is 4. The first kappa shape index (κ1) is 15.2. The average molecular weight is 283 g/mol. The second-order valence-corrected chi connectivity index (χ2v) is 4.33. The van der Waals surface area contributed by atoms with Crippen LogP contribution in [0.5, 0.6) is 5.75 Å². The molecule has 0 radical (unpaired) electrons. The van der Waals surface area contributed by atoms with E-state index in [1.54, 1.807) is 19.2 Å². The van der Waals surface area contributed by atoms with E-state index < -0.39 is 5.91 Å². The highest BCUT2D eigenvalue weighted by molar-refractivity contribution is 7.80. The van der Waals surface area contributed by atoms with Gasteiger partial charge in [0, 0.05) is 13.2 Å². The Hall–Kier alpha value is -1.86. The Labute approximate surface area is 117 Å². The van der Waals surface area contributed by atoms with Crippen molar-refractivity contribution >= 4 is 23.2 Å². The number of ether oxygens (including phenoxy) is 1. The van der Waals surface area contributed by atoms with Crippen molar-refractivity contribution in [2.24, 2.45) is 0 Å². The van der Waals surface area contributed by atoms with Gasteiger partial charge >= 0.3 is 0 Å². The van der Waals surface area contributed by atoms with Crippen LogP contribution < -0.4 is 16.2 Å². The van der Waals surface area contributed by atoms with Gasteiger partial charge in [-0.05, 0) is 31.3 Å². The van der Waals surface area contributed by atoms with E-state index >= 15 is 0 Å². The van der Waals surface area contributed by atoms with Gasteiger partial charge in [0.25, 0.3) is 5.91 Å². The van der Waals surface area contributed by atoms with Gasteiger partial charge in [0.1, 0.15) is 5.75 Å². The summed E-state index contributed by atoms with van der Waals surface area (Å²) in [6, 6.07) is 6.26. The first-order chi connectivity index (χ1) is 9.04. The summed E-state index contributed by atoms with van der Waals surface area (Å²) in [5.41, 5.74) is 5.11. The molecule has 0 aliphatic rings. The van der Waals surface area contributed by atoms with Crippen LogP contribution in [-0.2, 0) is 4.74 Å². The van der Waals surface area contributed by atoms with E-state index in [-0.39, 0.29) is 22.5 Å². The first-order valence-corrected chi connectivity index (χ1v) is 6.09. The van der Waals surface area contributed by atoms with Crippen molar-refractivity contribution in [2.75, 3.05) is 13.7 Å². The van der Waals surface area contributed by atoms with Gasteiger partial charge < -0.3 is 15.2 Å². The van der Waals surface area contributed by atoms with Crippen LogP contribution in [0.1, 0.15) is 17.3 Å². The molecule has 0 saturated heterocycles. The van der Waals surface area contributed by atoms with Gasteiger partial charge in [0.15, 0.2) is 5.11 Å². The number of aromatic hydroxyl groups is 1. The van der Waals surface area contributed by atoms with Crippen LogP contribution in [0.15, 0.2) is 24.3 Å². The fourth-order valence-electron chi connectivity index (χ4n) is 1.40. The van der Waals surface area contributed by atoms with Crippen molar-refractivity contribution in [3.05, 3.63) is 29.8 Å². The second kappa shape index (κ2) is 7.55. The maximum Gasteiger partial charge on any atom is 0.273 e. The molecule has 1 amide bonds. The van der Waals surface area contributed by atoms with Gasteiger partial charge in [0.2, 0.25) is 0 Å². The van der Waals surface area contributed by atoms with Gasteiger partial charge in [-0.1, -0.05) is 12.1 Å². The quantitative estimate of drug-likeness (QED) is 0.477. The second-order valence-electron chi connectivity index (χ2n) is 3.93. The number of phenolic OH excluding ortho intramolecular Hbond substituents is 1. The third kappa shape index (κ3) is 5.11. The summed E-state index contributed by atoms with van der Waals surface area (Å²) in [5.74, 6) is -0.560. The predicted octanol–water partition coefficient (Wildman–Crippen LogP) is 0.536. The highest BCUT2D eigenvalue weighted by Crippen LogP contribution is 2.14. The van der Waals surface area contributed by atoms with Gasteiger partial charge in [-0.25, -0.2) is 0 Å². The van der Waals surface area contributed by atoms with Crippen molar-refractivity contribution in [1.82, 2.24) is 16.2 Å². The maximum atomic E-state index is 11.7. The number of hydrogen-bond acceptors (Lipinski definition) is 4. The zero-order chi connectivity index (χ0) is 14.3. The SMILES string of the molecule is COCC(C)NC(=S)NNC(=O)c1ccccc1O. The number of phenols is 1. The first-order valence-electron chi connectivity index (χ1n) is 5.68. The number of hydrazine groups is 1. The minimum atomic E-state index is -0.471. The summed E-state index contributed by atoms with van der Waals surface area (Å²) in [6.07, 6.45) is 0. The Bertz CT molecular complexity index is 454. The molecule has 0 aliphatic heterocycles. The zero-order valence-electron chi connectivity index (χ0n) is 10.8. The van der Waals surface area contributed by atoms with E-state index in [1.807, 2.05) is 6.92 Å². The number of thiocarbonyl (C=S) groups is 1.